The fourth-order valence-electron chi connectivity index (χ4n) is 3.32. The lowest BCUT2D eigenvalue weighted by molar-refractivity contribution is -0.130. The predicted molar refractivity (Wildman–Crippen MR) is 114 cm³/mol. The number of amides is 2. The van der Waals surface area contributed by atoms with E-state index in [4.69, 9.17) is 28.3 Å². The van der Waals surface area contributed by atoms with E-state index in [0.29, 0.717) is 29.4 Å². The van der Waals surface area contributed by atoms with Crippen molar-refractivity contribution in [3.8, 4) is 0 Å². The fourth-order valence-corrected chi connectivity index (χ4v) is 3.57. The number of carbonyl (C=O) groups is 2. The molecule has 0 spiro atoms. The van der Waals surface area contributed by atoms with Crippen LogP contribution >= 0.6 is 23.2 Å². The minimum absolute atomic E-state index is 0.00579. The average Bonchev–Trinajstić information content (AvgIpc) is 3.52. The Balaban J connectivity index is 1.74. The zero-order valence-corrected chi connectivity index (χ0v) is 17.5. The molecule has 2 amide bonds. The topological polar surface area (TPSA) is 78.4 Å². The van der Waals surface area contributed by atoms with Crippen LogP contribution in [0.3, 0.4) is 0 Å². The van der Waals surface area contributed by atoms with E-state index in [1.165, 1.54) is 0 Å². The number of halogens is 2. The number of hydrogen-bond acceptors (Lipinski definition) is 3. The second kappa shape index (κ2) is 9.61. The van der Waals surface area contributed by atoms with E-state index in [1.54, 1.807) is 24.3 Å². The largest absolute Gasteiger partial charge is 0.396 e. The summed E-state index contributed by atoms with van der Waals surface area (Å²) >= 11 is 11.9. The van der Waals surface area contributed by atoms with Crippen molar-refractivity contribution < 1.29 is 14.7 Å². The molecular weight excluding hydrogens is 411 g/mol. The van der Waals surface area contributed by atoms with E-state index in [-0.39, 0.29) is 18.4 Å². The Morgan fingerprint density at radius 3 is 2.14 bits per heavy atom. The molecular formula is C22H24Cl2N2O3. The Kier molecular flexibility index (Phi) is 7.17. The number of carbonyl (C=O) groups excluding carboxylic acids is 2. The van der Waals surface area contributed by atoms with Crippen LogP contribution in [0.1, 0.15) is 30.4 Å². The first kappa shape index (κ1) is 21.6. The highest BCUT2D eigenvalue weighted by Gasteiger charge is 2.51. The Labute approximate surface area is 180 Å². The molecule has 1 aliphatic carbocycles. The summed E-state index contributed by atoms with van der Waals surface area (Å²) in [5.41, 5.74) is 1.20. The number of aliphatic hydroxyl groups excluding tert-OH is 1. The van der Waals surface area contributed by atoms with Gasteiger partial charge in [-0.3, -0.25) is 9.59 Å². The molecule has 1 saturated carbocycles. The number of hydrogen-bond donors (Lipinski definition) is 3. The highest BCUT2D eigenvalue weighted by molar-refractivity contribution is 6.30. The quantitative estimate of drug-likeness (QED) is 0.530. The molecule has 0 radical (unpaired) electrons. The smallest absolute Gasteiger partial charge is 0.242 e. The Hall–Kier alpha value is -2.08. The van der Waals surface area contributed by atoms with E-state index in [9.17, 15) is 9.59 Å². The van der Waals surface area contributed by atoms with Crippen LogP contribution in [0.25, 0.3) is 0 Å². The van der Waals surface area contributed by atoms with Gasteiger partial charge in [-0.15, -0.1) is 0 Å². The first-order valence-electron chi connectivity index (χ1n) is 9.64. The standard InChI is InChI=1S/C22H24Cl2N2O3/c23-17-6-2-15(3-7-17)14-19(20(28)25-12-1-13-27)26-21(29)22(10-11-22)16-4-8-18(24)9-5-16/h2-9,19,27H,1,10-14H2,(H,25,28)(H,26,29)/t19-/m1/s1. The average molecular weight is 435 g/mol. The van der Waals surface area contributed by atoms with Crippen LogP contribution in [0.5, 0.6) is 0 Å². The fraction of sp³-hybridized carbons (Fsp3) is 0.364. The molecule has 0 saturated heterocycles. The number of aliphatic hydroxyl groups is 1. The van der Waals surface area contributed by atoms with Crippen molar-refractivity contribution in [2.45, 2.75) is 37.1 Å². The first-order chi connectivity index (χ1) is 13.9. The van der Waals surface area contributed by atoms with Gasteiger partial charge in [-0.2, -0.15) is 0 Å². The van der Waals surface area contributed by atoms with Gasteiger partial charge in [-0.05, 0) is 54.7 Å². The van der Waals surface area contributed by atoms with Gasteiger partial charge in [-0.1, -0.05) is 47.5 Å². The van der Waals surface area contributed by atoms with Crippen molar-refractivity contribution in [3.05, 3.63) is 69.7 Å². The first-order valence-corrected chi connectivity index (χ1v) is 10.4. The van der Waals surface area contributed by atoms with Gasteiger partial charge in [0, 0.05) is 29.6 Å². The molecule has 1 fully saturated rings. The molecule has 3 N–H and O–H groups in total. The van der Waals surface area contributed by atoms with E-state index in [1.807, 2.05) is 24.3 Å². The van der Waals surface area contributed by atoms with E-state index < -0.39 is 11.5 Å². The molecule has 0 heterocycles. The summed E-state index contributed by atoms with van der Waals surface area (Å²) in [6.45, 7) is 0.346. The number of nitrogens with one attached hydrogen (secondary N) is 2. The van der Waals surface area contributed by atoms with Crippen molar-refractivity contribution in [2.75, 3.05) is 13.2 Å². The Bertz CT molecular complexity index is 849. The molecule has 1 atom stereocenters. The highest BCUT2D eigenvalue weighted by atomic mass is 35.5. The third-order valence-corrected chi connectivity index (χ3v) is 5.69. The van der Waals surface area contributed by atoms with Crippen LogP contribution in [0, 0.1) is 0 Å². The van der Waals surface area contributed by atoms with Crippen LogP contribution in [0.2, 0.25) is 10.0 Å². The van der Waals surface area contributed by atoms with Gasteiger partial charge >= 0.3 is 0 Å². The van der Waals surface area contributed by atoms with Crippen molar-refractivity contribution in [1.82, 2.24) is 10.6 Å². The second-order valence-corrected chi connectivity index (χ2v) is 8.19. The summed E-state index contributed by atoms with van der Waals surface area (Å²) < 4.78 is 0. The van der Waals surface area contributed by atoms with Crippen molar-refractivity contribution in [2.24, 2.45) is 0 Å². The van der Waals surface area contributed by atoms with E-state index in [0.717, 1.165) is 24.0 Å². The van der Waals surface area contributed by atoms with Gasteiger partial charge in [-0.25, -0.2) is 0 Å². The Morgan fingerprint density at radius 1 is 1.00 bits per heavy atom. The van der Waals surface area contributed by atoms with Gasteiger partial charge in [0.15, 0.2) is 0 Å². The van der Waals surface area contributed by atoms with Gasteiger partial charge in [0.1, 0.15) is 6.04 Å². The zero-order valence-electron chi connectivity index (χ0n) is 16.0. The maximum absolute atomic E-state index is 13.1. The highest BCUT2D eigenvalue weighted by Crippen LogP contribution is 2.48. The third-order valence-electron chi connectivity index (χ3n) is 5.19. The summed E-state index contributed by atoms with van der Waals surface area (Å²) in [6.07, 6.45) is 2.28. The molecule has 2 aromatic rings. The van der Waals surface area contributed by atoms with Crippen LogP contribution in [0.15, 0.2) is 48.5 Å². The maximum atomic E-state index is 13.1. The van der Waals surface area contributed by atoms with Crippen LogP contribution < -0.4 is 10.6 Å². The lowest BCUT2D eigenvalue weighted by atomic mass is 9.94. The lowest BCUT2D eigenvalue weighted by Gasteiger charge is -2.23. The molecule has 154 valence electrons. The summed E-state index contributed by atoms with van der Waals surface area (Å²) in [4.78, 5) is 25.8. The molecule has 3 rings (SSSR count). The molecule has 0 aliphatic heterocycles. The minimum atomic E-state index is -0.716. The molecule has 1 aliphatic rings. The zero-order chi connectivity index (χ0) is 20.9. The molecule has 2 aromatic carbocycles. The number of benzene rings is 2. The summed E-state index contributed by atoms with van der Waals surface area (Å²) in [7, 11) is 0. The van der Waals surface area contributed by atoms with Gasteiger partial charge < -0.3 is 15.7 Å². The lowest BCUT2D eigenvalue weighted by Crippen LogP contribution is -2.51. The monoisotopic (exact) mass is 434 g/mol. The Morgan fingerprint density at radius 2 is 1.59 bits per heavy atom. The van der Waals surface area contributed by atoms with E-state index >= 15 is 0 Å². The third kappa shape index (κ3) is 5.50. The molecule has 29 heavy (non-hydrogen) atoms. The number of rotatable bonds is 9. The van der Waals surface area contributed by atoms with Gasteiger partial charge in [0.2, 0.25) is 11.8 Å². The second-order valence-electron chi connectivity index (χ2n) is 7.31. The van der Waals surface area contributed by atoms with E-state index in [2.05, 4.69) is 10.6 Å². The molecule has 0 aromatic heterocycles. The normalized spacial score (nSPS) is 15.4. The van der Waals surface area contributed by atoms with Crippen LogP contribution in [-0.2, 0) is 21.4 Å². The SMILES string of the molecule is O=C(NCCCO)[C@@H](Cc1ccc(Cl)cc1)NC(=O)C1(c2ccc(Cl)cc2)CC1. The summed E-state index contributed by atoms with van der Waals surface area (Å²) in [5, 5.41) is 15.9. The summed E-state index contributed by atoms with van der Waals surface area (Å²) in [6, 6.07) is 13.8. The molecule has 0 bridgehead atoms. The van der Waals surface area contributed by atoms with Crippen molar-refractivity contribution >= 4 is 35.0 Å². The summed E-state index contributed by atoms with van der Waals surface area (Å²) in [5.74, 6) is -0.426. The van der Waals surface area contributed by atoms with Crippen LogP contribution in [-0.4, -0.2) is 36.1 Å². The maximum Gasteiger partial charge on any atom is 0.242 e. The molecule has 0 unspecified atom stereocenters. The van der Waals surface area contributed by atoms with Gasteiger partial charge in [0.25, 0.3) is 0 Å². The molecule has 7 heteroatoms. The predicted octanol–water partition coefficient (Wildman–Crippen LogP) is 3.25. The van der Waals surface area contributed by atoms with Gasteiger partial charge in [0.05, 0.1) is 5.41 Å². The molecule has 5 nitrogen and oxygen atoms in total. The minimum Gasteiger partial charge on any atom is -0.396 e. The van der Waals surface area contributed by atoms with Crippen molar-refractivity contribution in [3.63, 3.8) is 0 Å². The van der Waals surface area contributed by atoms with Crippen LogP contribution in [0.4, 0.5) is 0 Å². The van der Waals surface area contributed by atoms with Crippen molar-refractivity contribution in [1.29, 1.82) is 0 Å².